The molecule has 0 spiro atoms. The molecule has 1 heterocycles. The largest absolute Gasteiger partial charge is 0.491 e. The first kappa shape index (κ1) is 14.9. The Hall–Kier alpha value is -2.07. The summed E-state index contributed by atoms with van der Waals surface area (Å²) in [7, 11) is 0. The van der Waals surface area contributed by atoms with Crippen LogP contribution in [0.4, 0.5) is 0 Å². The van der Waals surface area contributed by atoms with Crippen molar-refractivity contribution in [3.63, 3.8) is 0 Å². The molecule has 4 heteroatoms. The SMILES string of the molecule is CC(C)Oc1ccc(-c2ccc(CN)c(=O)n2C2CC2)cc1. The van der Waals surface area contributed by atoms with Gasteiger partial charge < -0.3 is 15.0 Å². The Bertz CT molecular complexity index is 713. The Labute approximate surface area is 130 Å². The van der Waals surface area contributed by atoms with Gasteiger partial charge in [0.15, 0.2) is 0 Å². The van der Waals surface area contributed by atoms with Crippen LogP contribution < -0.4 is 16.0 Å². The van der Waals surface area contributed by atoms with Gasteiger partial charge in [0.25, 0.3) is 5.56 Å². The van der Waals surface area contributed by atoms with Crippen LogP contribution in [-0.2, 0) is 6.54 Å². The number of hydrogen-bond acceptors (Lipinski definition) is 3. The average molecular weight is 298 g/mol. The molecule has 0 saturated heterocycles. The van der Waals surface area contributed by atoms with Crippen molar-refractivity contribution in [2.24, 2.45) is 5.73 Å². The summed E-state index contributed by atoms with van der Waals surface area (Å²) < 4.78 is 7.57. The number of benzene rings is 1. The fourth-order valence-electron chi connectivity index (χ4n) is 2.66. The summed E-state index contributed by atoms with van der Waals surface area (Å²) in [5, 5.41) is 0. The number of hydrogen-bond donors (Lipinski definition) is 1. The van der Waals surface area contributed by atoms with Crippen molar-refractivity contribution >= 4 is 0 Å². The van der Waals surface area contributed by atoms with Gasteiger partial charge in [0.2, 0.25) is 0 Å². The first-order valence-electron chi connectivity index (χ1n) is 7.81. The third-order valence-corrected chi connectivity index (χ3v) is 3.85. The molecule has 0 aliphatic heterocycles. The van der Waals surface area contributed by atoms with Gasteiger partial charge in [-0.3, -0.25) is 4.79 Å². The third kappa shape index (κ3) is 2.92. The minimum Gasteiger partial charge on any atom is -0.491 e. The lowest BCUT2D eigenvalue weighted by Gasteiger charge is -2.15. The highest BCUT2D eigenvalue weighted by Crippen LogP contribution is 2.37. The van der Waals surface area contributed by atoms with Gasteiger partial charge in [-0.15, -0.1) is 0 Å². The van der Waals surface area contributed by atoms with Crippen molar-refractivity contribution in [1.82, 2.24) is 4.57 Å². The van der Waals surface area contributed by atoms with Crippen molar-refractivity contribution < 1.29 is 4.74 Å². The van der Waals surface area contributed by atoms with Gasteiger partial charge in [-0.05, 0) is 62.6 Å². The highest BCUT2D eigenvalue weighted by molar-refractivity contribution is 5.61. The van der Waals surface area contributed by atoms with E-state index in [1.165, 1.54) is 0 Å². The molecule has 0 radical (unpaired) electrons. The van der Waals surface area contributed by atoms with E-state index in [9.17, 15) is 4.79 Å². The van der Waals surface area contributed by atoms with Crippen LogP contribution in [0.15, 0.2) is 41.2 Å². The van der Waals surface area contributed by atoms with Gasteiger partial charge in [-0.1, -0.05) is 6.07 Å². The zero-order valence-corrected chi connectivity index (χ0v) is 13.1. The maximum Gasteiger partial charge on any atom is 0.255 e. The number of nitrogens with two attached hydrogens (primary N) is 1. The van der Waals surface area contributed by atoms with Crippen molar-refractivity contribution in [2.75, 3.05) is 0 Å². The molecule has 1 aromatic carbocycles. The fraction of sp³-hybridized carbons (Fsp3) is 0.389. The first-order chi connectivity index (χ1) is 10.6. The monoisotopic (exact) mass is 298 g/mol. The highest BCUT2D eigenvalue weighted by atomic mass is 16.5. The third-order valence-electron chi connectivity index (χ3n) is 3.85. The number of ether oxygens (including phenoxy) is 1. The van der Waals surface area contributed by atoms with E-state index in [1.807, 2.05) is 54.8 Å². The van der Waals surface area contributed by atoms with Crippen molar-refractivity contribution in [3.8, 4) is 17.0 Å². The van der Waals surface area contributed by atoms with E-state index in [0.29, 0.717) is 11.6 Å². The zero-order chi connectivity index (χ0) is 15.7. The predicted octanol–water partition coefficient (Wildman–Crippen LogP) is 3.10. The molecule has 2 aromatic rings. The van der Waals surface area contributed by atoms with Gasteiger partial charge in [0, 0.05) is 18.2 Å². The summed E-state index contributed by atoms with van der Waals surface area (Å²) >= 11 is 0. The summed E-state index contributed by atoms with van der Waals surface area (Å²) in [5.74, 6) is 0.845. The molecule has 3 rings (SSSR count). The summed E-state index contributed by atoms with van der Waals surface area (Å²) in [5.41, 5.74) is 8.38. The number of rotatable bonds is 5. The van der Waals surface area contributed by atoms with Crippen molar-refractivity contribution in [3.05, 3.63) is 52.3 Å². The summed E-state index contributed by atoms with van der Waals surface area (Å²) in [6.07, 6.45) is 2.28. The lowest BCUT2D eigenvalue weighted by molar-refractivity contribution is 0.242. The van der Waals surface area contributed by atoms with E-state index in [4.69, 9.17) is 10.5 Å². The standard InChI is InChI=1S/C18H22N2O2/c1-12(2)22-16-8-3-13(4-9-16)17-10-5-14(11-19)18(21)20(17)15-6-7-15/h3-5,8-10,12,15H,6-7,11,19H2,1-2H3. The van der Waals surface area contributed by atoms with E-state index in [2.05, 4.69) is 0 Å². The molecule has 0 atom stereocenters. The summed E-state index contributed by atoms with van der Waals surface area (Å²) in [6, 6.07) is 12.1. The van der Waals surface area contributed by atoms with Gasteiger partial charge in [-0.2, -0.15) is 0 Å². The fourth-order valence-corrected chi connectivity index (χ4v) is 2.66. The minimum atomic E-state index is 0.0463. The molecule has 2 N–H and O–H groups in total. The van der Waals surface area contributed by atoms with Gasteiger partial charge >= 0.3 is 0 Å². The Morgan fingerprint density at radius 3 is 2.41 bits per heavy atom. The molecule has 0 unspecified atom stereocenters. The van der Waals surface area contributed by atoms with Crippen LogP contribution in [0, 0.1) is 0 Å². The summed E-state index contributed by atoms with van der Waals surface area (Å²) in [4.78, 5) is 12.5. The maximum absolute atomic E-state index is 12.5. The maximum atomic E-state index is 12.5. The normalized spacial score (nSPS) is 14.4. The van der Waals surface area contributed by atoms with Crippen LogP contribution in [0.25, 0.3) is 11.3 Å². The Kier molecular flexibility index (Phi) is 4.03. The number of aromatic nitrogens is 1. The van der Waals surface area contributed by atoms with E-state index < -0.39 is 0 Å². The topological polar surface area (TPSA) is 57.2 Å². The minimum absolute atomic E-state index is 0.0463. The summed E-state index contributed by atoms with van der Waals surface area (Å²) in [6.45, 7) is 4.29. The van der Waals surface area contributed by atoms with E-state index in [-0.39, 0.29) is 18.2 Å². The molecule has 1 aliphatic rings. The van der Waals surface area contributed by atoms with Crippen LogP contribution in [0.3, 0.4) is 0 Å². The molecule has 0 amide bonds. The second kappa shape index (κ2) is 5.97. The molecule has 1 aliphatic carbocycles. The second-order valence-electron chi connectivity index (χ2n) is 6.05. The van der Waals surface area contributed by atoms with E-state index >= 15 is 0 Å². The molecule has 116 valence electrons. The van der Waals surface area contributed by atoms with Crippen LogP contribution >= 0.6 is 0 Å². The van der Waals surface area contributed by atoms with Crippen LogP contribution in [0.2, 0.25) is 0 Å². The average Bonchev–Trinajstić information content (AvgIpc) is 3.31. The van der Waals surface area contributed by atoms with Gasteiger partial charge in [0.1, 0.15) is 5.75 Å². The van der Waals surface area contributed by atoms with Crippen LogP contribution in [-0.4, -0.2) is 10.7 Å². The van der Waals surface area contributed by atoms with Crippen LogP contribution in [0.5, 0.6) is 5.75 Å². The Morgan fingerprint density at radius 1 is 1.18 bits per heavy atom. The molecule has 0 bridgehead atoms. The molecule has 1 saturated carbocycles. The molecular formula is C18H22N2O2. The Morgan fingerprint density at radius 2 is 1.86 bits per heavy atom. The van der Waals surface area contributed by atoms with Crippen molar-refractivity contribution in [2.45, 2.75) is 45.4 Å². The molecular weight excluding hydrogens is 276 g/mol. The predicted molar refractivity (Wildman–Crippen MR) is 88.1 cm³/mol. The van der Waals surface area contributed by atoms with Gasteiger partial charge in [-0.25, -0.2) is 0 Å². The molecule has 22 heavy (non-hydrogen) atoms. The number of nitrogens with zero attached hydrogens (tertiary/aromatic N) is 1. The lowest BCUT2D eigenvalue weighted by atomic mass is 10.1. The van der Waals surface area contributed by atoms with E-state index in [0.717, 1.165) is 29.8 Å². The van der Waals surface area contributed by atoms with E-state index in [1.54, 1.807) is 0 Å². The number of pyridine rings is 1. The quantitative estimate of drug-likeness (QED) is 0.922. The van der Waals surface area contributed by atoms with Crippen molar-refractivity contribution in [1.29, 1.82) is 0 Å². The van der Waals surface area contributed by atoms with Crippen LogP contribution in [0.1, 0.15) is 38.3 Å². The second-order valence-corrected chi connectivity index (χ2v) is 6.05. The molecule has 4 nitrogen and oxygen atoms in total. The highest BCUT2D eigenvalue weighted by Gasteiger charge is 2.27. The zero-order valence-electron chi connectivity index (χ0n) is 13.1. The van der Waals surface area contributed by atoms with Gasteiger partial charge in [0.05, 0.1) is 11.8 Å². The molecule has 1 fully saturated rings. The molecule has 1 aromatic heterocycles. The Balaban J connectivity index is 2.01. The first-order valence-corrected chi connectivity index (χ1v) is 7.81. The smallest absolute Gasteiger partial charge is 0.255 e. The lowest BCUT2D eigenvalue weighted by Crippen LogP contribution is -2.25.